The maximum absolute atomic E-state index is 12.3. The highest BCUT2D eigenvalue weighted by Gasteiger charge is 2.27. The summed E-state index contributed by atoms with van der Waals surface area (Å²) in [7, 11) is 0. The molecule has 0 aliphatic carbocycles. The number of carbonyl (C=O) groups is 2. The van der Waals surface area contributed by atoms with Gasteiger partial charge < -0.3 is 15.2 Å². The van der Waals surface area contributed by atoms with Gasteiger partial charge in [0, 0.05) is 0 Å². The van der Waals surface area contributed by atoms with Gasteiger partial charge in [0.05, 0.1) is 6.42 Å². The van der Waals surface area contributed by atoms with E-state index < -0.39 is 36.6 Å². The van der Waals surface area contributed by atoms with Crippen molar-refractivity contribution in [3.8, 4) is 0 Å². The summed E-state index contributed by atoms with van der Waals surface area (Å²) in [4.78, 5) is 21.4. The number of hydrogen-bond donors (Lipinski definition) is 2. The second kappa shape index (κ2) is 5.62. The van der Waals surface area contributed by atoms with Gasteiger partial charge in [-0.15, -0.1) is 0 Å². The number of carboxylic acids is 1. The Labute approximate surface area is 91.8 Å². The second-order valence-corrected chi connectivity index (χ2v) is 4.19. The molecule has 5 nitrogen and oxygen atoms in total. The fraction of sp³-hybridized carbons (Fsp3) is 0.778. The number of alkyl halides is 2. The van der Waals surface area contributed by atoms with Crippen LogP contribution in [0.4, 0.5) is 13.6 Å². The Morgan fingerprint density at radius 2 is 1.88 bits per heavy atom. The average molecular weight is 239 g/mol. The first-order chi connectivity index (χ1) is 7.11. The molecule has 0 aromatic carbocycles. The van der Waals surface area contributed by atoms with E-state index in [0.717, 1.165) is 0 Å². The first-order valence-corrected chi connectivity index (χ1v) is 4.61. The van der Waals surface area contributed by atoms with E-state index in [-0.39, 0.29) is 0 Å². The molecular formula is C9H15F2NO4. The number of halogens is 2. The minimum Gasteiger partial charge on any atom is -0.481 e. The molecule has 0 aromatic rings. The number of carboxylic acid groups (broad SMARTS) is 1. The number of ether oxygens (including phenoxy) is 1. The third kappa shape index (κ3) is 6.97. The zero-order valence-electron chi connectivity index (χ0n) is 9.29. The third-order valence-corrected chi connectivity index (χ3v) is 1.40. The summed E-state index contributed by atoms with van der Waals surface area (Å²) >= 11 is 0. The Hall–Kier alpha value is -1.40. The molecule has 0 aliphatic rings. The summed E-state index contributed by atoms with van der Waals surface area (Å²) in [6, 6.07) is -1.74. The van der Waals surface area contributed by atoms with Crippen LogP contribution in [-0.4, -0.2) is 35.2 Å². The molecule has 0 spiro atoms. The summed E-state index contributed by atoms with van der Waals surface area (Å²) in [6.07, 6.45) is -4.86. The smallest absolute Gasteiger partial charge is 0.408 e. The van der Waals surface area contributed by atoms with Crippen LogP contribution in [0.25, 0.3) is 0 Å². The van der Waals surface area contributed by atoms with Gasteiger partial charge in [-0.1, -0.05) is 0 Å². The molecular weight excluding hydrogens is 224 g/mol. The first-order valence-electron chi connectivity index (χ1n) is 4.61. The summed E-state index contributed by atoms with van der Waals surface area (Å²) in [6.45, 7) is 4.71. The highest BCUT2D eigenvalue weighted by atomic mass is 19.3. The summed E-state index contributed by atoms with van der Waals surface area (Å²) < 4.78 is 29.4. The van der Waals surface area contributed by atoms with Crippen molar-refractivity contribution in [1.29, 1.82) is 0 Å². The van der Waals surface area contributed by atoms with E-state index in [9.17, 15) is 18.4 Å². The Bertz CT molecular complexity index is 263. The first kappa shape index (κ1) is 14.6. The Morgan fingerprint density at radius 1 is 1.38 bits per heavy atom. The Morgan fingerprint density at radius 3 is 2.19 bits per heavy atom. The quantitative estimate of drug-likeness (QED) is 0.781. The molecule has 2 N–H and O–H groups in total. The highest BCUT2D eigenvalue weighted by molar-refractivity contribution is 5.71. The third-order valence-electron chi connectivity index (χ3n) is 1.40. The maximum Gasteiger partial charge on any atom is 0.408 e. The lowest BCUT2D eigenvalue weighted by molar-refractivity contribution is -0.138. The van der Waals surface area contributed by atoms with E-state index in [0.29, 0.717) is 0 Å². The summed E-state index contributed by atoms with van der Waals surface area (Å²) in [5.74, 6) is -1.42. The van der Waals surface area contributed by atoms with Crippen molar-refractivity contribution in [3.05, 3.63) is 0 Å². The van der Waals surface area contributed by atoms with Gasteiger partial charge in [-0.3, -0.25) is 4.79 Å². The van der Waals surface area contributed by atoms with E-state index in [1.165, 1.54) is 0 Å². The van der Waals surface area contributed by atoms with Crippen molar-refractivity contribution in [2.45, 2.75) is 45.3 Å². The number of aliphatic carboxylic acids is 1. The fourth-order valence-electron chi connectivity index (χ4n) is 0.850. The van der Waals surface area contributed by atoms with Crippen LogP contribution in [0, 0.1) is 0 Å². The maximum atomic E-state index is 12.3. The molecule has 1 amide bonds. The molecule has 0 rings (SSSR count). The van der Waals surface area contributed by atoms with Crippen molar-refractivity contribution in [1.82, 2.24) is 5.32 Å². The summed E-state index contributed by atoms with van der Waals surface area (Å²) in [5.41, 5.74) is -0.819. The van der Waals surface area contributed by atoms with Gasteiger partial charge in [-0.05, 0) is 20.8 Å². The van der Waals surface area contributed by atoms with Crippen LogP contribution in [-0.2, 0) is 9.53 Å². The van der Waals surface area contributed by atoms with Crippen LogP contribution in [0.1, 0.15) is 27.2 Å². The van der Waals surface area contributed by atoms with Gasteiger partial charge in [0.1, 0.15) is 11.6 Å². The standard InChI is InChI=1S/C9H15F2NO4/c1-9(2,3)16-8(15)12-5(7(10)11)4-6(13)14/h5,7H,4H2,1-3H3,(H,12,15)(H,13,14)/t5-/m1/s1. The lowest BCUT2D eigenvalue weighted by Gasteiger charge is -2.22. The zero-order chi connectivity index (χ0) is 12.9. The molecule has 0 unspecified atom stereocenters. The Kier molecular flexibility index (Phi) is 5.13. The van der Waals surface area contributed by atoms with Crippen LogP contribution in [0.15, 0.2) is 0 Å². The summed E-state index contributed by atoms with van der Waals surface area (Å²) in [5, 5.41) is 10.2. The molecule has 0 aromatic heterocycles. The van der Waals surface area contributed by atoms with Crippen LogP contribution >= 0.6 is 0 Å². The normalized spacial score (nSPS) is 13.4. The predicted molar refractivity (Wildman–Crippen MR) is 51.4 cm³/mol. The van der Waals surface area contributed by atoms with E-state index in [4.69, 9.17) is 9.84 Å². The fourth-order valence-corrected chi connectivity index (χ4v) is 0.850. The molecule has 0 radical (unpaired) electrons. The minimum atomic E-state index is -2.95. The van der Waals surface area contributed by atoms with Gasteiger partial charge in [-0.2, -0.15) is 0 Å². The number of hydrogen-bond acceptors (Lipinski definition) is 3. The van der Waals surface area contributed by atoms with Gasteiger partial charge in [0.25, 0.3) is 6.43 Å². The topological polar surface area (TPSA) is 75.6 Å². The van der Waals surface area contributed by atoms with Crippen molar-refractivity contribution in [3.63, 3.8) is 0 Å². The van der Waals surface area contributed by atoms with Crippen molar-refractivity contribution >= 4 is 12.1 Å². The van der Waals surface area contributed by atoms with E-state index in [2.05, 4.69) is 0 Å². The Balaban J connectivity index is 4.30. The molecule has 16 heavy (non-hydrogen) atoms. The van der Waals surface area contributed by atoms with E-state index in [1.54, 1.807) is 20.8 Å². The molecule has 0 aliphatic heterocycles. The average Bonchev–Trinajstić information content (AvgIpc) is 1.97. The van der Waals surface area contributed by atoms with Crippen molar-refractivity contribution < 1.29 is 28.2 Å². The number of carbonyl (C=O) groups excluding carboxylic acids is 1. The molecule has 0 saturated carbocycles. The van der Waals surface area contributed by atoms with Gasteiger partial charge in [0.2, 0.25) is 0 Å². The molecule has 0 saturated heterocycles. The van der Waals surface area contributed by atoms with Crippen LogP contribution in [0.2, 0.25) is 0 Å². The molecule has 0 heterocycles. The van der Waals surface area contributed by atoms with Gasteiger partial charge in [-0.25, -0.2) is 13.6 Å². The van der Waals surface area contributed by atoms with Crippen molar-refractivity contribution in [2.75, 3.05) is 0 Å². The largest absolute Gasteiger partial charge is 0.481 e. The van der Waals surface area contributed by atoms with Gasteiger partial charge >= 0.3 is 12.1 Å². The number of rotatable bonds is 4. The zero-order valence-corrected chi connectivity index (χ0v) is 9.29. The number of nitrogens with one attached hydrogen (secondary N) is 1. The SMILES string of the molecule is CC(C)(C)OC(=O)N[C@H](CC(=O)O)C(F)F. The monoisotopic (exact) mass is 239 g/mol. The van der Waals surface area contributed by atoms with Crippen LogP contribution in [0.3, 0.4) is 0 Å². The van der Waals surface area contributed by atoms with Crippen LogP contribution < -0.4 is 5.32 Å². The highest BCUT2D eigenvalue weighted by Crippen LogP contribution is 2.10. The number of alkyl carbamates (subject to hydrolysis) is 1. The lowest BCUT2D eigenvalue weighted by atomic mass is 10.2. The van der Waals surface area contributed by atoms with Crippen LogP contribution in [0.5, 0.6) is 0 Å². The number of amides is 1. The van der Waals surface area contributed by atoms with E-state index in [1.807, 2.05) is 5.32 Å². The predicted octanol–water partition coefficient (Wildman–Crippen LogP) is 1.62. The molecule has 0 bridgehead atoms. The van der Waals surface area contributed by atoms with E-state index >= 15 is 0 Å². The molecule has 1 atom stereocenters. The minimum absolute atomic E-state index is 0.819. The van der Waals surface area contributed by atoms with Gasteiger partial charge in [0.15, 0.2) is 0 Å². The lowest BCUT2D eigenvalue weighted by Crippen LogP contribution is -2.43. The van der Waals surface area contributed by atoms with Crippen molar-refractivity contribution in [2.24, 2.45) is 0 Å². The molecule has 94 valence electrons. The second-order valence-electron chi connectivity index (χ2n) is 4.19. The molecule has 7 heteroatoms. The molecule has 0 fully saturated rings.